The molecule has 0 radical (unpaired) electrons. The molecule has 0 saturated heterocycles. The number of benzene rings is 1. The summed E-state index contributed by atoms with van der Waals surface area (Å²) in [6.45, 7) is 3.57. The topological polar surface area (TPSA) is 57.5 Å². The van der Waals surface area contributed by atoms with Crippen molar-refractivity contribution in [1.29, 1.82) is 0 Å². The van der Waals surface area contributed by atoms with Crippen LogP contribution in [0.5, 0.6) is 0 Å². The lowest BCUT2D eigenvalue weighted by Crippen LogP contribution is -2.13. The number of aliphatic carboxylic acids is 1. The number of hydrogen-bond donors (Lipinski definition) is 2. The second kappa shape index (κ2) is 3.58. The Morgan fingerprint density at radius 2 is 1.77 bits per heavy atom. The van der Waals surface area contributed by atoms with Crippen molar-refractivity contribution in [2.45, 2.75) is 20.0 Å². The average molecular weight is 180 g/mol. The van der Waals surface area contributed by atoms with Crippen LogP contribution in [-0.4, -0.2) is 16.2 Å². The molecular weight excluding hydrogens is 168 g/mol. The van der Waals surface area contributed by atoms with Crippen LogP contribution in [0.1, 0.15) is 22.8 Å². The number of aryl methyl sites for hydroxylation is 2. The van der Waals surface area contributed by atoms with Gasteiger partial charge in [-0.3, -0.25) is 0 Å². The minimum absolute atomic E-state index is 0.495. The van der Waals surface area contributed by atoms with Crippen molar-refractivity contribution in [3.05, 3.63) is 34.9 Å². The number of aliphatic hydroxyl groups excluding tert-OH is 1. The van der Waals surface area contributed by atoms with Crippen LogP contribution in [0.4, 0.5) is 0 Å². The lowest BCUT2D eigenvalue weighted by molar-refractivity contribution is -0.147. The van der Waals surface area contributed by atoms with E-state index in [2.05, 4.69) is 0 Å². The maximum absolute atomic E-state index is 10.6. The molecule has 1 unspecified atom stereocenters. The predicted octanol–water partition coefficient (Wildman–Crippen LogP) is 1.42. The Bertz CT molecular complexity index is 311. The maximum Gasteiger partial charge on any atom is 0.337 e. The largest absolute Gasteiger partial charge is 0.479 e. The maximum atomic E-state index is 10.6. The van der Waals surface area contributed by atoms with E-state index < -0.39 is 12.1 Å². The molecule has 70 valence electrons. The second-order valence-electron chi connectivity index (χ2n) is 3.05. The molecule has 3 heteroatoms. The van der Waals surface area contributed by atoms with Crippen LogP contribution < -0.4 is 0 Å². The molecule has 1 rings (SSSR count). The zero-order chi connectivity index (χ0) is 10.0. The predicted molar refractivity (Wildman–Crippen MR) is 48.5 cm³/mol. The Kier molecular flexibility index (Phi) is 2.68. The van der Waals surface area contributed by atoms with Gasteiger partial charge in [-0.25, -0.2) is 4.79 Å². The van der Waals surface area contributed by atoms with E-state index in [-0.39, 0.29) is 0 Å². The van der Waals surface area contributed by atoms with E-state index in [1.807, 2.05) is 6.07 Å². The lowest BCUT2D eigenvalue weighted by atomic mass is 9.98. The van der Waals surface area contributed by atoms with Crippen LogP contribution in [0, 0.1) is 13.8 Å². The van der Waals surface area contributed by atoms with Gasteiger partial charge in [-0.05, 0) is 30.5 Å². The van der Waals surface area contributed by atoms with Crippen LogP contribution in [0.2, 0.25) is 0 Å². The fourth-order valence-electron chi connectivity index (χ4n) is 1.38. The van der Waals surface area contributed by atoms with Gasteiger partial charge in [0.15, 0.2) is 6.10 Å². The van der Waals surface area contributed by atoms with E-state index >= 15 is 0 Å². The van der Waals surface area contributed by atoms with Crippen molar-refractivity contribution in [3.63, 3.8) is 0 Å². The van der Waals surface area contributed by atoms with Crippen LogP contribution in [-0.2, 0) is 4.79 Å². The highest BCUT2D eigenvalue weighted by Crippen LogP contribution is 2.21. The Labute approximate surface area is 76.6 Å². The molecule has 2 N–H and O–H groups in total. The van der Waals surface area contributed by atoms with Gasteiger partial charge in [0, 0.05) is 0 Å². The molecule has 0 amide bonds. The van der Waals surface area contributed by atoms with E-state index in [9.17, 15) is 9.90 Å². The van der Waals surface area contributed by atoms with Crippen molar-refractivity contribution in [2.24, 2.45) is 0 Å². The monoisotopic (exact) mass is 180 g/mol. The first-order chi connectivity index (χ1) is 6.04. The SMILES string of the molecule is Cc1cccc(C)c1C(O)C(=O)O. The summed E-state index contributed by atoms with van der Waals surface area (Å²) >= 11 is 0. The van der Waals surface area contributed by atoms with Gasteiger partial charge in [0.05, 0.1) is 0 Å². The third-order valence-corrected chi connectivity index (χ3v) is 2.05. The normalized spacial score (nSPS) is 12.5. The number of carboxylic acid groups (broad SMARTS) is 1. The third-order valence-electron chi connectivity index (χ3n) is 2.05. The van der Waals surface area contributed by atoms with Crippen molar-refractivity contribution in [3.8, 4) is 0 Å². The number of hydrogen-bond acceptors (Lipinski definition) is 2. The molecule has 3 nitrogen and oxygen atoms in total. The first kappa shape index (κ1) is 9.74. The Morgan fingerprint density at radius 3 is 2.15 bits per heavy atom. The lowest BCUT2D eigenvalue weighted by Gasteiger charge is -2.12. The Hall–Kier alpha value is -1.35. The van der Waals surface area contributed by atoms with E-state index in [4.69, 9.17) is 5.11 Å². The summed E-state index contributed by atoms with van der Waals surface area (Å²) in [5.74, 6) is -1.21. The molecule has 1 aromatic rings. The number of rotatable bonds is 2. The summed E-state index contributed by atoms with van der Waals surface area (Å²) in [6, 6.07) is 5.41. The smallest absolute Gasteiger partial charge is 0.337 e. The van der Waals surface area contributed by atoms with Gasteiger partial charge in [-0.1, -0.05) is 18.2 Å². The fourth-order valence-corrected chi connectivity index (χ4v) is 1.38. The molecule has 0 spiro atoms. The first-order valence-corrected chi connectivity index (χ1v) is 4.01. The van der Waals surface area contributed by atoms with Crippen molar-refractivity contribution >= 4 is 5.97 Å². The van der Waals surface area contributed by atoms with Gasteiger partial charge in [0.1, 0.15) is 0 Å². The fraction of sp³-hybridized carbons (Fsp3) is 0.300. The molecule has 0 saturated carbocycles. The first-order valence-electron chi connectivity index (χ1n) is 4.01. The highest BCUT2D eigenvalue weighted by molar-refractivity contribution is 5.75. The van der Waals surface area contributed by atoms with Gasteiger partial charge in [0.25, 0.3) is 0 Å². The summed E-state index contributed by atoms with van der Waals surface area (Å²) in [6.07, 6.45) is -1.42. The Balaban J connectivity index is 3.20. The minimum atomic E-state index is -1.42. The highest BCUT2D eigenvalue weighted by Gasteiger charge is 2.19. The van der Waals surface area contributed by atoms with Gasteiger partial charge in [-0.15, -0.1) is 0 Å². The molecule has 0 heterocycles. The second-order valence-corrected chi connectivity index (χ2v) is 3.05. The van der Waals surface area contributed by atoms with Crippen molar-refractivity contribution < 1.29 is 15.0 Å². The highest BCUT2D eigenvalue weighted by atomic mass is 16.4. The summed E-state index contributed by atoms with van der Waals surface area (Å²) in [4.78, 5) is 10.6. The molecule has 1 atom stereocenters. The summed E-state index contributed by atoms with van der Waals surface area (Å²) < 4.78 is 0. The molecule has 0 aliphatic carbocycles. The average Bonchev–Trinajstić information content (AvgIpc) is 2.03. The number of aliphatic hydroxyl groups is 1. The van der Waals surface area contributed by atoms with Gasteiger partial charge in [-0.2, -0.15) is 0 Å². The summed E-state index contributed by atoms with van der Waals surface area (Å²) in [5.41, 5.74) is 2.10. The minimum Gasteiger partial charge on any atom is -0.479 e. The molecule has 0 aliphatic rings. The quantitative estimate of drug-likeness (QED) is 0.723. The van der Waals surface area contributed by atoms with E-state index in [0.717, 1.165) is 11.1 Å². The van der Waals surface area contributed by atoms with Gasteiger partial charge >= 0.3 is 5.97 Å². The molecule has 0 aromatic heterocycles. The van der Waals surface area contributed by atoms with Gasteiger partial charge in [0.2, 0.25) is 0 Å². The molecular formula is C10H12O3. The zero-order valence-corrected chi connectivity index (χ0v) is 7.61. The molecule has 1 aromatic carbocycles. The molecule has 13 heavy (non-hydrogen) atoms. The zero-order valence-electron chi connectivity index (χ0n) is 7.61. The van der Waals surface area contributed by atoms with Crippen LogP contribution >= 0.6 is 0 Å². The number of carbonyl (C=O) groups is 1. The summed E-state index contributed by atoms with van der Waals surface area (Å²) in [5, 5.41) is 18.0. The summed E-state index contributed by atoms with van der Waals surface area (Å²) in [7, 11) is 0. The van der Waals surface area contributed by atoms with Crippen LogP contribution in [0.15, 0.2) is 18.2 Å². The molecule has 0 fully saturated rings. The van der Waals surface area contributed by atoms with Crippen LogP contribution in [0.25, 0.3) is 0 Å². The van der Waals surface area contributed by atoms with E-state index in [0.29, 0.717) is 5.56 Å². The molecule has 0 aliphatic heterocycles. The van der Waals surface area contributed by atoms with Crippen LogP contribution in [0.3, 0.4) is 0 Å². The van der Waals surface area contributed by atoms with Crippen molar-refractivity contribution in [2.75, 3.05) is 0 Å². The van der Waals surface area contributed by atoms with E-state index in [1.165, 1.54) is 0 Å². The third kappa shape index (κ3) is 1.87. The van der Waals surface area contributed by atoms with Crippen molar-refractivity contribution in [1.82, 2.24) is 0 Å². The standard InChI is InChI=1S/C10H12O3/c1-6-4-3-5-7(2)8(6)9(11)10(12)13/h3-5,9,11H,1-2H3,(H,12,13). The Morgan fingerprint density at radius 1 is 1.31 bits per heavy atom. The number of carboxylic acids is 1. The van der Waals surface area contributed by atoms with E-state index in [1.54, 1.807) is 26.0 Å². The van der Waals surface area contributed by atoms with Gasteiger partial charge < -0.3 is 10.2 Å². The molecule has 0 bridgehead atoms.